The topological polar surface area (TPSA) is 75.5 Å². The number of nitro groups is 1. The van der Waals surface area contributed by atoms with Crippen LogP contribution in [0.3, 0.4) is 0 Å². The Morgan fingerprint density at radius 2 is 1.86 bits per heavy atom. The number of nitrogens with one attached hydrogen (secondary N) is 1. The summed E-state index contributed by atoms with van der Waals surface area (Å²) < 4.78 is 0. The maximum atomic E-state index is 12.1. The zero-order valence-corrected chi connectivity index (χ0v) is 13.1. The van der Waals surface area contributed by atoms with E-state index in [1.54, 1.807) is 0 Å². The van der Waals surface area contributed by atoms with Gasteiger partial charge in [0.05, 0.1) is 22.2 Å². The first kappa shape index (κ1) is 16.7. The van der Waals surface area contributed by atoms with Crippen LogP contribution >= 0.6 is 11.6 Å². The van der Waals surface area contributed by atoms with E-state index in [0.717, 1.165) is 25.9 Å². The largest absolute Gasteiger partial charge is 0.324 e. The zero-order chi connectivity index (χ0) is 15.9. The summed E-state index contributed by atoms with van der Waals surface area (Å²) in [6, 6.07) is 4.04. The monoisotopic (exact) mass is 325 g/mol. The van der Waals surface area contributed by atoms with E-state index in [1.165, 1.54) is 37.5 Å². The number of rotatable bonds is 4. The smallest absolute Gasteiger partial charge is 0.271 e. The number of anilines is 1. The van der Waals surface area contributed by atoms with Crippen molar-refractivity contribution in [2.24, 2.45) is 0 Å². The van der Waals surface area contributed by atoms with E-state index < -0.39 is 4.92 Å². The average Bonchev–Trinajstić information content (AvgIpc) is 2.43. The Kier molecular flexibility index (Phi) is 6.15. The number of likely N-dealkylation sites (tertiary alicyclic amines) is 1. The molecule has 7 heteroatoms. The molecule has 2 rings (SSSR count). The quantitative estimate of drug-likeness (QED) is 0.679. The van der Waals surface area contributed by atoms with Crippen molar-refractivity contribution in [3.05, 3.63) is 33.3 Å². The number of non-ortho nitro benzene ring substituents is 1. The molecule has 1 aromatic rings. The third-order valence-electron chi connectivity index (χ3n) is 3.75. The highest BCUT2D eigenvalue weighted by atomic mass is 35.5. The van der Waals surface area contributed by atoms with Gasteiger partial charge in [-0.1, -0.05) is 30.9 Å². The van der Waals surface area contributed by atoms with Crippen LogP contribution in [0.1, 0.15) is 32.1 Å². The molecule has 120 valence electrons. The van der Waals surface area contributed by atoms with Crippen molar-refractivity contribution in [2.45, 2.75) is 32.1 Å². The molecule has 6 nitrogen and oxygen atoms in total. The number of hydrogen-bond donors (Lipinski definition) is 1. The summed E-state index contributed by atoms with van der Waals surface area (Å²) in [6.07, 6.45) is 5.94. The minimum absolute atomic E-state index is 0.0910. The number of nitro benzene ring substituents is 1. The molecule has 1 N–H and O–H groups in total. The maximum Gasteiger partial charge on any atom is 0.271 e. The van der Waals surface area contributed by atoms with Crippen LogP contribution in [-0.2, 0) is 4.79 Å². The van der Waals surface area contributed by atoms with Gasteiger partial charge in [0.15, 0.2) is 0 Å². The molecule has 0 aromatic heterocycles. The van der Waals surface area contributed by atoms with Crippen LogP contribution in [0.5, 0.6) is 0 Å². The second-order valence-electron chi connectivity index (χ2n) is 5.51. The lowest BCUT2D eigenvalue weighted by atomic mass is 10.1. The van der Waals surface area contributed by atoms with E-state index in [-0.39, 0.29) is 16.6 Å². The lowest BCUT2D eigenvalue weighted by molar-refractivity contribution is -0.384. The van der Waals surface area contributed by atoms with Crippen molar-refractivity contribution >= 4 is 28.9 Å². The number of carbonyl (C=O) groups is 1. The van der Waals surface area contributed by atoms with E-state index >= 15 is 0 Å². The molecule has 1 fully saturated rings. The van der Waals surface area contributed by atoms with Crippen LogP contribution in [0.2, 0.25) is 5.02 Å². The first-order chi connectivity index (χ1) is 10.6. The second kappa shape index (κ2) is 8.10. The number of hydrogen-bond acceptors (Lipinski definition) is 4. The molecular weight excluding hydrogens is 306 g/mol. The van der Waals surface area contributed by atoms with Gasteiger partial charge in [-0.3, -0.25) is 19.8 Å². The van der Waals surface area contributed by atoms with E-state index in [9.17, 15) is 14.9 Å². The molecule has 0 radical (unpaired) electrons. The molecule has 0 saturated carbocycles. The summed E-state index contributed by atoms with van der Waals surface area (Å²) in [5.74, 6) is -0.142. The summed E-state index contributed by atoms with van der Waals surface area (Å²) in [5.41, 5.74) is 0.316. The van der Waals surface area contributed by atoms with Crippen molar-refractivity contribution in [3.8, 4) is 0 Å². The van der Waals surface area contributed by atoms with Crippen molar-refractivity contribution in [1.29, 1.82) is 0 Å². The molecule has 0 atom stereocenters. The lowest BCUT2D eigenvalue weighted by Crippen LogP contribution is -2.35. The van der Waals surface area contributed by atoms with E-state index in [0.29, 0.717) is 12.2 Å². The average molecular weight is 326 g/mol. The number of nitrogens with zero attached hydrogens (tertiary/aromatic N) is 2. The molecule has 0 unspecified atom stereocenters. The van der Waals surface area contributed by atoms with Crippen LogP contribution < -0.4 is 5.32 Å². The molecule has 1 amide bonds. The fourth-order valence-electron chi connectivity index (χ4n) is 2.58. The molecule has 22 heavy (non-hydrogen) atoms. The minimum atomic E-state index is -0.516. The second-order valence-corrected chi connectivity index (χ2v) is 5.92. The predicted octanol–water partition coefficient (Wildman–Crippen LogP) is 3.45. The zero-order valence-electron chi connectivity index (χ0n) is 12.4. The highest BCUT2D eigenvalue weighted by molar-refractivity contribution is 6.34. The molecule has 1 heterocycles. The molecule has 1 aromatic carbocycles. The Labute approximate surface area is 134 Å². The number of carbonyl (C=O) groups excluding carboxylic acids is 1. The van der Waals surface area contributed by atoms with E-state index in [1.807, 2.05) is 0 Å². The van der Waals surface area contributed by atoms with E-state index in [4.69, 9.17) is 11.6 Å². The Bertz CT molecular complexity index is 543. The van der Waals surface area contributed by atoms with Crippen molar-refractivity contribution in [1.82, 2.24) is 4.90 Å². The van der Waals surface area contributed by atoms with Crippen LogP contribution in [-0.4, -0.2) is 35.4 Å². The highest BCUT2D eigenvalue weighted by Crippen LogP contribution is 2.26. The molecule has 0 aliphatic carbocycles. The van der Waals surface area contributed by atoms with Crippen LogP contribution in [0, 0.1) is 10.1 Å². The Morgan fingerprint density at radius 1 is 1.23 bits per heavy atom. The molecular formula is C15H20ClN3O3. The van der Waals surface area contributed by atoms with E-state index in [2.05, 4.69) is 10.2 Å². The summed E-state index contributed by atoms with van der Waals surface area (Å²) >= 11 is 5.98. The van der Waals surface area contributed by atoms with Gasteiger partial charge in [0, 0.05) is 12.1 Å². The lowest BCUT2D eigenvalue weighted by Gasteiger charge is -2.23. The fourth-order valence-corrected chi connectivity index (χ4v) is 2.80. The van der Waals surface area contributed by atoms with Gasteiger partial charge < -0.3 is 5.32 Å². The van der Waals surface area contributed by atoms with Gasteiger partial charge in [-0.2, -0.15) is 0 Å². The van der Waals surface area contributed by atoms with Gasteiger partial charge in [0.1, 0.15) is 0 Å². The van der Waals surface area contributed by atoms with Crippen molar-refractivity contribution in [3.63, 3.8) is 0 Å². The van der Waals surface area contributed by atoms with Gasteiger partial charge >= 0.3 is 0 Å². The number of benzene rings is 1. The van der Waals surface area contributed by atoms with Gasteiger partial charge in [-0.05, 0) is 32.0 Å². The molecule has 0 bridgehead atoms. The van der Waals surface area contributed by atoms with Crippen LogP contribution in [0.25, 0.3) is 0 Å². The number of amides is 1. The van der Waals surface area contributed by atoms with Crippen LogP contribution in [0.15, 0.2) is 18.2 Å². The molecule has 1 saturated heterocycles. The fraction of sp³-hybridized carbons (Fsp3) is 0.533. The summed E-state index contributed by atoms with van der Waals surface area (Å²) in [7, 11) is 0. The van der Waals surface area contributed by atoms with Gasteiger partial charge in [-0.25, -0.2) is 0 Å². The standard InChI is InChI=1S/C15H20ClN3O3/c16-13-10-12(19(21)22)6-7-14(13)17-15(20)11-18-8-4-2-1-3-5-9-18/h6-7,10H,1-5,8-9,11H2,(H,17,20). The minimum Gasteiger partial charge on any atom is -0.324 e. The Hall–Kier alpha value is -1.66. The first-order valence-corrected chi connectivity index (χ1v) is 7.90. The molecule has 1 aliphatic heterocycles. The Morgan fingerprint density at radius 3 is 2.45 bits per heavy atom. The third kappa shape index (κ3) is 4.96. The summed E-state index contributed by atoms with van der Waals surface area (Å²) in [6.45, 7) is 2.19. The normalized spacial score (nSPS) is 16.6. The number of halogens is 1. The third-order valence-corrected chi connectivity index (χ3v) is 4.07. The van der Waals surface area contributed by atoms with Gasteiger partial charge in [0.2, 0.25) is 5.91 Å². The summed E-state index contributed by atoms with van der Waals surface area (Å²) in [4.78, 5) is 24.4. The van der Waals surface area contributed by atoms with Gasteiger partial charge in [0.25, 0.3) is 5.69 Å². The maximum absolute atomic E-state index is 12.1. The summed E-state index contributed by atoms with van der Waals surface area (Å²) in [5, 5.41) is 13.6. The van der Waals surface area contributed by atoms with Crippen molar-refractivity contribution < 1.29 is 9.72 Å². The van der Waals surface area contributed by atoms with Gasteiger partial charge in [-0.15, -0.1) is 0 Å². The van der Waals surface area contributed by atoms with Crippen molar-refractivity contribution in [2.75, 3.05) is 25.0 Å². The van der Waals surface area contributed by atoms with Crippen LogP contribution in [0.4, 0.5) is 11.4 Å². The highest BCUT2D eigenvalue weighted by Gasteiger charge is 2.15. The predicted molar refractivity (Wildman–Crippen MR) is 86.3 cm³/mol. The molecule has 0 spiro atoms. The first-order valence-electron chi connectivity index (χ1n) is 7.52. The SMILES string of the molecule is O=C(CN1CCCCCCC1)Nc1ccc([N+](=O)[O-])cc1Cl. The molecule has 1 aliphatic rings. The Balaban J connectivity index is 1.92.